The first-order valence-corrected chi connectivity index (χ1v) is 18.8. The summed E-state index contributed by atoms with van der Waals surface area (Å²) in [6, 6.07) is -1.87. The monoisotopic (exact) mass is 704 g/mol. The van der Waals surface area contributed by atoms with E-state index in [4.69, 9.17) is 22.9 Å². The van der Waals surface area contributed by atoms with Crippen molar-refractivity contribution in [2.24, 2.45) is 38.8 Å². The third-order valence-electron chi connectivity index (χ3n) is 7.55. The number of hydrogen-bond donors (Lipinski definition) is 8. The number of guanidine groups is 2. The van der Waals surface area contributed by atoms with Gasteiger partial charge in [-0.25, -0.2) is 0 Å². The molecule has 0 rings (SSSR count). The molecule has 0 aliphatic heterocycles. The van der Waals surface area contributed by atoms with Crippen LogP contribution in [0.4, 0.5) is 0 Å². The van der Waals surface area contributed by atoms with Gasteiger partial charge in [0.05, 0.1) is 6.54 Å². The van der Waals surface area contributed by atoms with Gasteiger partial charge in [-0.15, -0.1) is 0 Å². The molecule has 0 spiro atoms. The molecular formula is C31H64N10O6S. The van der Waals surface area contributed by atoms with E-state index >= 15 is 0 Å². The van der Waals surface area contributed by atoms with Crippen molar-refractivity contribution in [3.8, 4) is 0 Å². The van der Waals surface area contributed by atoms with Gasteiger partial charge in [-0.05, 0) is 50.9 Å². The minimum atomic E-state index is -4.88. The van der Waals surface area contributed by atoms with Crippen LogP contribution in [0.2, 0.25) is 0 Å². The molecule has 0 heterocycles. The zero-order valence-corrected chi connectivity index (χ0v) is 30.2. The van der Waals surface area contributed by atoms with Crippen LogP contribution in [-0.2, 0) is 24.7 Å². The van der Waals surface area contributed by atoms with Gasteiger partial charge >= 0.3 is 10.3 Å². The topological polar surface area (TPSA) is 274 Å². The molecule has 16 nitrogen and oxygen atoms in total. The van der Waals surface area contributed by atoms with Crippen LogP contribution in [0.3, 0.4) is 0 Å². The van der Waals surface area contributed by atoms with Gasteiger partial charge in [0.15, 0.2) is 11.9 Å². The van der Waals surface area contributed by atoms with Gasteiger partial charge in [0.25, 0.3) is 0 Å². The Morgan fingerprint density at radius 1 is 0.750 bits per heavy atom. The quantitative estimate of drug-likeness (QED) is 0.0239. The molecule has 3 amide bonds. The Morgan fingerprint density at radius 3 is 1.83 bits per heavy atom. The number of amides is 3. The lowest BCUT2D eigenvalue weighted by Gasteiger charge is -2.29. The SMILES string of the molecule is CCCCCCCCC[C@H](CC(=O)NCCCCCN=C(N)N)N(CC(=O)N[C@@H](CC(C)C)C(=O)NCCCCN=C(N)N)S(=O)(=O)O. The molecule has 0 aliphatic rings. The minimum absolute atomic E-state index is 0.00439. The van der Waals surface area contributed by atoms with E-state index in [1.165, 1.54) is 0 Å². The first-order valence-electron chi connectivity index (χ1n) is 17.4. The van der Waals surface area contributed by atoms with Gasteiger partial charge < -0.3 is 38.9 Å². The second-order valence-electron chi connectivity index (χ2n) is 12.6. The average Bonchev–Trinajstić information content (AvgIpc) is 2.98. The molecule has 0 bridgehead atoms. The maximum atomic E-state index is 13.2. The fourth-order valence-corrected chi connectivity index (χ4v) is 5.92. The third-order valence-corrected chi connectivity index (χ3v) is 8.57. The predicted molar refractivity (Wildman–Crippen MR) is 191 cm³/mol. The molecule has 0 aromatic rings. The van der Waals surface area contributed by atoms with Crippen LogP contribution in [0, 0.1) is 5.92 Å². The molecule has 48 heavy (non-hydrogen) atoms. The van der Waals surface area contributed by atoms with Crippen molar-refractivity contribution in [1.82, 2.24) is 20.3 Å². The molecule has 0 aromatic heterocycles. The predicted octanol–water partition coefficient (Wildman–Crippen LogP) is 1.25. The number of nitrogens with zero attached hydrogens (tertiary/aromatic N) is 3. The molecule has 0 unspecified atom stereocenters. The van der Waals surface area contributed by atoms with Crippen LogP contribution in [0.1, 0.15) is 117 Å². The number of hydrogen-bond acceptors (Lipinski definition) is 7. The highest BCUT2D eigenvalue weighted by atomic mass is 32.2. The Labute approximate surface area is 287 Å². The summed E-state index contributed by atoms with van der Waals surface area (Å²) >= 11 is 0. The molecule has 280 valence electrons. The molecule has 0 saturated heterocycles. The van der Waals surface area contributed by atoms with Gasteiger partial charge in [0.2, 0.25) is 17.7 Å². The summed E-state index contributed by atoms with van der Waals surface area (Å²) in [5.41, 5.74) is 21.3. The largest absolute Gasteiger partial charge is 0.370 e. The molecule has 0 saturated carbocycles. The van der Waals surface area contributed by atoms with E-state index in [0.717, 1.165) is 51.4 Å². The van der Waals surface area contributed by atoms with Crippen LogP contribution >= 0.6 is 0 Å². The summed E-state index contributed by atoms with van der Waals surface area (Å²) in [6.45, 7) is 6.82. The first kappa shape index (κ1) is 44.8. The molecule has 17 heteroatoms. The van der Waals surface area contributed by atoms with E-state index in [1.54, 1.807) is 0 Å². The standard InChI is InChI=1S/C31H64N10O6S/c1-4-5-6-7-8-9-11-16-25(22-27(42)36-17-12-10-13-19-38-30(32)33)41(48(45,46)47)23-28(43)40-26(21-24(2)3)29(44)37-18-14-15-20-39-31(34)35/h24-26H,4-23H2,1-3H3,(H,36,42)(H,37,44)(H,40,43)(H4,32,33,38)(H4,34,35,39)(H,45,46,47)/t25-,26+/m1/s1. The fourth-order valence-electron chi connectivity index (χ4n) is 5.08. The molecule has 0 aromatic carbocycles. The van der Waals surface area contributed by atoms with Crippen LogP contribution < -0.4 is 38.9 Å². The molecule has 0 aliphatic carbocycles. The van der Waals surface area contributed by atoms with E-state index in [0.29, 0.717) is 62.6 Å². The summed E-state index contributed by atoms with van der Waals surface area (Å²) in [5, 5.41) is 8.23. The number of aliphatic imine (C=N–C) groups is 2. The Bertz CT molecular complexity index is 1080. The highest BCUT2D eigenvalue weighted by Gasteiger charge is 2.33. The Kier molecular flexibility index (Phi) is 25.0. The molecule has 0 radical (unpaired) electrons. The summed E-state index contributed by atoms with van der Waals surface area (Å²) in [4.78, 5) is 46.9. The van der Waals surface area contributed by atoms with Crippen molar-refractivity contribution in [2.45, 2.75) is 129 Å². The maximum Gasteiger partial charge on any atom is 0.336 e. The zero-order chi connectivity index (χ0) is 36.4. The number of rotatable bonds is 29. The number of carbonyl (C=O) groups is 3. The normalized spacial score (nSPS) is 12.7. The number of unbranched alkanes of at least 4 members (excludes halogenated alkanes) is 9. The molecular weight excluding hydrogens is 640 g/mol. The van der Waals surface area contributed by atoms with Gasteiger partial charge in [0.1, 0.15) is 6.04 Å². The van der Waals surface area contributed by atoms with Crippen molar-refractivity contribution in [3.63, 3.8) is 0 Å². The van der Waals surface area contributed by atoms with Gasteiger partial charge in [0, 0.05) is 38.6 Å². The van der Waals surface area contributed by atoms with E-state index in [2.05, 4.69) is 32.9 Å². The molecule has 12 N–H and O–H groups in total. The number of nitrogens with two attached hydrogens (primary N) is 4. The fraction of sp³-hybridized carbons (Fsp3) is 0.839. The van der Waals surface area contributed by atoms with Crippen LogP contribution in [0.15, 0.2) is 9.98 Å². The second-order valence-corrected chi connectivity index (χ2v) is 13.9. The Hall–Kier alpha value is -3.18. The first-order chi connectivity index (χ1) is 22.7. The maximum absolute atomic E-state index is 13.2. The molecule has 0 fully saturated rings. The van der Waals surface area contributed by atoms with Crippen molar-refractivity contribution in [1.29, 1.82) is 0 Å². The summed E-state index contributed by atoms with van der Waals surface area (Å²) in [5.74, 6) is -1.49. The smallest absolute Gasteiger partial charge is 0.336 e. The zero-order valence-electron chi connectivity index (χ0n) is 29.4. The minimum Gasteiger partial charge on any atom is -0.370 e. The average molecular weight is 705 g/mol. The van der Waals surface area contributed by atoms with Gasteiger partial charge in [-0.1, -0.05) is 65.7 Å². The second kappa shape index (κ2) is 26.7. The van der Waals surface area contributed by atoms with Crippen molar-refractivity contribution >= 4 is 39.9 Å². The van der Waals surface area contributed by atoms with E-state index in [9.17, 15) is 27.4 Å². The van der Waals surface area contributed by atoms with Crippen molar-refractivity contribution in [2.75, 3.05) is 32.7 Å². The lowest BCUT2D eigenvalue weighted by molar-refractivity contribution is -0.129. The van der Waals surface area contributed by atoms with Crippen LogP contribution in [0.5, 0.6) is 0 Å². The van der Waals surface area contributed by atoms with E-state index < -0.39 is 46.7 Å². The van der Waals surface area contributed by atoms with Gasteiger partial charge in [-0.2, -0.15) is 12.7 Å². The van der Waals surface area contributed by atoms with Crippen LogP contribution in [-0.4, -0.2) is 91.7 Å². The highest BCUT2D eigenvalue weighted by molar-refractivity contribution is 7.83. The lowest BCUT2D eigenvalue weighted by atomic mass is 10.0. The van der Waals surface area contributed by atoms with Crippen molar-refractivity contribution in [3.05, 3.63) is 0 Å². The third kappa shape index (κ3) is 24.9. The number of nitrogens with one attached hydrogen (secondary N) is 3. The summed E-state index contributed by atoms with van der Waals surface area (Å²) in [7, 11) is -4.88. The lowest BCUT2D eigenvalue weighted by Crippen LogP contribution is -2.52. The van der Waals surface area contributed by atoms with Crippen molar-refractivity contribution < 1.29 is 27.4 Å². The summed E-state index contributed by atoms with van der Waals surface area (Å²) in [6.07, 6.45) is 10.7. The van der Waals surface area contributed by atoms with Crippen LogP contribution in [0.25, 0.3) is 0 Å². The van der Waals surface area contributed by atoms with E-state index in [-0.39, 0.29) is 30.7 Å². The highest BCUT2D eigenvalue weighted by Crippen LogP contribution is 2.18. The van der Waals surface area contributed by atoms with Gasteiger partial charge in [-0.3, -0.25) is 28.9 Å². The Balaban J connectivity index is 5.49. The Morgan fingerprint density at radius 2 is 1.27 bits per heavy atom. The molecule has 2 atom stereocenters. The van der Waals surface area contributed by atoms with E-state index in [1.807, 2.05) is 13.8 Å². The number of carbonyl (C=O) groups excluding carboxylic acids is 3. The summed E-state index contributed by atoms with van der Waals surface area (Å²) < 4.78 is 36.1.